The molecule has 0 amide bonds. The van der Waals surface area contributed by atoms with E-state index in [-0.39, 0.29) is 0 Å². The second-order valence-electron chi connectivity index (χ2n) is 4.11. The molecule has 108 valence electrons. The van der Waals surface area contributed by atoms with Crippen LogP contribution in [0.5, 0.6) is 0 Å². The summed E-state index contributed by atoms with van der Waals surface area (Å²) in [5, 5.41) is 9.04. The van der Waals surface area contributed by atoms with Crippen LogP contribution in [0.15, 0.2) is 0 Å². The third-order valence-electron chi connectivity index (χ3n) is 3.23. The standard InChI is InChI=1S/C8H7F9O/c9-6(10,11)4(7(12,13)14)2-1-3-5(4,18)8(15,16)17/h18H,1-3H2. The van der Waals surface area contributed by atoms with E-state index in [1.807, 2.05) is 0 Å². The Labute approximate surface area is 94.6 Å². The lowest BCUT2D eigenvalue weighted by Gasteiger charge is -2.44. The van der Waals surface area contributed by atoms with E-state index in [1.165, 1.54) is 0 Å². The summed E-state index contributed by atoms with van der Waals surface area (Å²) >= 11 is 0. The lowest BCUT2D eigenvalue weighted by Crippen LogP contribution is -2.67. The molecule has 0 bridgehead atoms. The highest BCUT2D eigenvalue weighted by molar-refractivity contribution is 5.14. The van der Waals surface area contributed by atoms with Crippen LogP contribution in [0.4, 0.5) is 39.5 Å². The molecule has 0 aromatic heterocycles. The first-order chi connectivity index (χ1) is 7.71. The monoisotopic (exact) mass is 290 g/mol. The van der Waals surface area contributed by atoms with E-state index in [4.69, 9.17) is 5.11 Å². The van der Waals surface area contributed by atoms with Gasteiger partial charge in [-0.2, -0.15) is 39.5 Å². The van der Waals surface area contributed by atoms with E-state index in [9.17, 15) is 39.5 Å². The summed E-state index contributed by atoms with van der Waals surface area (Å²) in [7, 11) is 0. The van der Waals surface area contributed by atoms with Crippen molar-refractivity contribution in [1.29, 1.82) is 0 Å². The van der Waals surface area contributed by atoms with E-state index >= 15 is 0 Å². The molecule has 1 saturated carbocycles. The van der Waals surface area contributed by atoms with E-state index in [2.05, 4.69) is 0 Å². The summed E-state index contributed by atoms with van der Waals surface area (Å²) in [5.41, 5.74) is -10.00. The lowest BCUT2D eigenvalue weighted by molar-refractivity contribution is -0.423. The van der Waals surface area contributed by atoms with Gasteiger partial charge in [-0.25, -0.2) is 0 Å². The molecule has 1 atom stereocenters. The van der Waals surface area contributed by atoms with E-state index in [0.717, 1.165) is 0 Å². The minimum atomic E-state index is -6.24. The molecular formula is C8H7F9O. The highest BCUT2D eigenvalue weighted by atomic mass is 19.4. The summed E-state index contributed by atoms with van der Waals surface area (Å²) in [5.74, 6) is 0. The number of rotatable bonds is 0. The Balaban J connectivity index is 3.55. The molecule has 0 aromatic rings. The zero-order chi connectivity index (χ0) is 14.6. The van der Waals surface area contributed by atoms with Crippen LogP contribution in [-0.4, -0.2) is 29.2 Å². The van der Waals surface area contributed by atoms with Crippen molar-refractivity contribution in [2.24, 2.45) is 5.41 Å². The van der Waals surface area contributed by atoms with Crippen molar-refractivity contribution in [2.45, 2.75) is 43.4 Å². The lowest BCUT2D eigenvalue weighted by atomic mass is 9.72. The van der Waals surface area contributed by atoms with Crippen molar-refractivity contribution < 1.29 is 44.6 Å². The van der Waals surface area contributed by atoms with Crippen molar-refractivity contribution >= 4 is 0 Å². The van der Waals surface area contributed by atoms with Crippen LogP contribution in [0.25, 0.3) is 0 Å². The molecule has 1 rings (SSSR count). The average molecular weight is 290 g/mol. The van der Waals surface area contributed by atoms with E-state index < -0.39 is 48.8 Å². The molecule has 1 fully saturated rings. The Morgan fingerprint density at radius 2 is 1.06 bits per heavy atom. The number of hydrogen-bond acceptors (Lipinski definition) is 1. The molecule has 1 N–H and O–H groups in total. The fraction of sp³-hybridized carbons (Fsp3) is 1.00. The van der Waals surface area contributed by atoms with Gasteiger partial charge in [0.25, 0.3) is 0 Å². The molecule has 18 heavy (non-hydrogen) atoms. The van der Waals surface area contributed by atoms with Gasteiger partial charge in [0, 0.05) is 0 Å². The topological polar surface area (TPSA) is 20.2 Å². The van der Waals surface area contributed by atoms with Gasteiger partial charge in [-0.3, -0.25) is 0 Å². The first-order valence-corrected chi connectivity index (χ1v) is 4.63. The van der Waals surface area contributed by atoms with Crippen molar-refractivity contribution in [3.63, 3.8) is 0 Å². The zero-order valence-electron chi connectivity index (χ0n) is 8.47. The van der Waals surface area contributed by atoms with Crippen LogP contribution in [0.3, 0.4) is 0 Å². The predicted molar refractivity (Wildman–Crippen MR) is 39.4 cm³/mol. The van der Waals surface area contributed by atoms with Gasteiger partial charge in [0.15, 0.2) is 11.0 Å². The van der Waals surface area contributed by atoms with Crippen molar-refractivity contribution in [3.8, 4) is 0 Å². The molecule has 1 nitrogen and oxygen atoms in total. The van der Waals surface area contributed by atoms with Crippen LogP contribution in [0, 0.1) is 5.41 Å². The van der Waals surface area contributed by atoms with Crippen LogP contribution < -0.4 is 0 Å². The van der Waals surface area contributed by atoms with Crippen LogP contribution in [0.1, 0.15) is 19.3 Å². The normalized spacial score (nSPS) is 29.7. The Morgan fingerprint density at radius 3 is 1.28 bits per heavy atom. The molecule has 0 radical (unpaired) electrons. The summed E-state index contributed by atoms with van der Waals surface area (Å²) in [6, 6.07) is 0. The molecule has 0 heterocycles. The zero-order valence-corrected chi connectivity index (χ0v) is 8.47. The summed E-state index contributed by atoms with van der Waals surface area (Å²) in [6.07, 6.45) is -23.0. The smallest absolute Gasteiger partial charge is 0.379 e. The second kappa shape index (κ2) is 3.67. The van der Waals surface area contributed by atoms with E-state index in [1.54, 1.807) is 0 Å². The third-order valence-corrected chi connectivity index (χ3v) is 3.23. The largest absolute Gasteiger partial charge is 0.418 e. The van der Waals surface area contributed by atoms with Gasteiger partial charge in [0.2, 0.25) is 0 Å². The Morgan fingerprint density at radius 1 is 0.667 bits per heavy atom. The molecule has 1 aliphatic carbocycles. The molecule has 1 unspecified atom stereocenters. The maximum absolute atomic E-state index is 12.6. The molecule has 1 aliphatic rings. The molecule has 0 aliphatic heterocycles. The molecule has 10 heteroatoms. The highest BCUT2D eigenvalue weighted by Gasteiger charge is 2.86. The first-order valence-electron chi connectivity index (χ1n) is 4.63. The van der Waals surface area contributed by atoms with Gasteiger partial charge < -0.3 is 5.11 Å². The Bertz CT molecular complexity index is 311. The minimum Gasteiger partial charge on any atom is -0.379 e. The Kier molecular flexibility index (Phi) is 3.14. The Hall–Kier alpha value is -0.670. The third kappa shape index (κ3) is 1.68. The maximum Gasteiger partial charge on any atom is 0.418 e. The van der Waals surface area contributed by atoms with Gasteiger partial charge in [-0.1, -0.05) is 0 Å². The van der Waals surface area contributed by atoms with Crippen molar-refractivity contribution in [3.05, 3.63) is 0 Å². The van der Waals surface area contributed by atoms with Gasteiger partial charge in [0.1, 0.15) is 0 Å². The van der Waals surface area contributed by atoms with Crippen LogP contribution in [0.2, 0.25) is 0 Å². The van der Waals surface area contributed by atoms with Crippen LogP contribution in [-0.2, 0) is 0 Å². The summed E-state index contributed by atoms with van der Waals surface area (Å²) in [6.45, 7) is 0. The van der Waals surface area contributed by atoms with Gasteiger partial charge in [-0.15, -0.1) is 0 Å². The fourth-order valence-corrected chi connectivity index (χ4v) is 2.33. The molecular weight excluding hydrogens is 283 g/mol. The van der Waals surface area contributed by atoms with Gasteiger partial charge >= 0.3 is 18.5 Å². The van der Waals surface area contributed by atoms with Gasteiger partial charge in [-0.05, 0) is 19.3 Å². The number of alkyl halides is 9. The van der Waals surface area contributed by atoms with E-state index in [0.29, 0.717) is 0 Å². The van der Waals surface area contributed by atoms with Gasteiger partial charge in [0.05, 0.1) is 0 Å². The highest BCUT2D eigenvalue weighted by Crippen LogP contribution is 2.67. The minimum absolute atomic E-state index is 1.02. The predicted octanol–water partition coefficient (Wildman–Crippen LogP) is 3.57. The molecule has 0 aromatic carbocycles. The second-order valence-corrected chi connectivity index (χ2v) is 4.11. The van der Waals surface area contributed by atoms with Crippen molar-refractivity contribution in [2.75, 3.05) is 0 Å². The molecule has 0 spiro atoms. The quantitative estimate of drug-likeness (QED) is 0.676. The first kappa shape index (κ1) is 15.4. The van der Waals surface area contributed by atoms with Crippen molar-refractivity contribution in [1.82, 2.24) is 0 Å². The fourth-order valence-electron chi connectivity index (χ4n) is 2.33. The average Bonchev–Trinajstić information content (AvgIpc) is 2.40. The SMILES string of the molecule is OC1(C(F)(F)F)CCCC1(C(F)(F)F)C(F)(F)F. The number of aliphatic hydroxyl groups is 1. The molecule has 0 saturated heterocycles. The number of hydrogen-bond donors (Lipinski definition) is 1. The summed E-state index contributed by atoms with van der Waals surface area (Å²) in [4.78, 5) is 0. The van der Waals surface area contributed by atoms with Crippen LogP contribution >= 0.6 is 0 Å². The number of halogens is 9. The summed E-state index contributed by atoms with van der Waals surface area (Å²) < 4.78 is 113. The maximum atomic E-state index is 12.6.